The zero-order chi connectivity index (χ0) is 17.4. The normalized spacial score (nSPS) is 18.4. The van der Waals surface area contributed by atoms with Crippen LogP contribution in [0.15, 0.2) is 23.2 Å². The summed E-state index contributed by atoms with van der Waals surface area (Å²) in [6.45, 7) is 7.04. The largest absolute Gasteiger partial charge is 0.493 e. The van der Waals surface area contributed by atoms with Gasteiger partial charge in [0.05, 0.1) is 20.8 Å². The Morgan fingerprint density at radius 3 is 2.76 bits per heavy atom. The maximum atomic E-state index is 5.96. The van der Waals surface area contributed by atoms with Gasteiger partial charge in [-0.2, -0.15) is 0 Å². The molecule has 3 N–H and O–H groups in total. The molecular formula is C18H31IN4O2. The van der Waals surface area contributed by atoms with Crippen molar-refractivity contribution >= 4 is 29.9 Å². The summed E-state index contributed by atoms with van der Waals surface area (Å²) in [7, 11) is 3.25. The number of benzene rings is 1. The number of rotatable bonds is 7. The molecule has 1 aliphatic rings. The van der Waals surface area contributed by atoms with Crippen LogP contribution >= 0.6 is 24.0 Å². The van der Waals surface area contributed by atoms with Crippen LogP contribution in [-0.2, 0) is 6.54 Å². The topological polar surface area (TPSA) is 72.1 Å². The van der Waals surface area contributed by atoms with Crippen LogP contribution in [0.3, 0.4) is 0 Å². The van der Waals surface area contributed by atoms with Gasteiger partial charge in [0.25, 0.3) is 0 Å². The fourth-order valence-corrected chi connectivity index (χ4v) is 3.04. The van der Waals surface area contributed by atoms with Gasteiger partial charge in [-0.3, -0.25) is 0 Å². The average molecular weight is 462 g/mol. The van der Waals surface area contributed by atoms with Crippen LogP contribution in [0.4, 0.5) is 0 Å². The van der Waals surface area contributed by atoms with E-state index in [1.807, 2.05) is 18.2 Å². The summed E-state index contributed by atoms with van der Waals surface area (Å²) in [5.41, 5.74) is 6.99. The number of hydrogen-bond acceptors (Lipinski definition) is 4. The van der Waals surface area contributed by atoms with Crippen molar-refractivity contribution in [2.75, 3.05) is 40.4 Å². The third kappa shape index (κ3) is 7.27. The minimum atomic E-state index is 0. The zero-order valence-electron chi connectivity index (χ0n) is 15.5. The first kappa shape index (κ1) is 21.8. The molecule has 1 aromatic rings. The number of halogens is 1. The van der Waals surface area contributed by atoms with Gasteiger partial charge in [0.2, 0.25) is 0 Å². The Kier molecular flexibility index (Phi) is 9.96. The van der Waals surface area contributed by atoms with E-state index in [0.29, 0.717) is 24.0 Å². The van der Waals surface area contributed by atoms with E-state index < -0.39 is 0 Å². The second kappa shape index (κ2) is 11.4. The number of hydrogen-bond donors (Lipinski definition) is 2. The van der Waals surface area contributed by atoms with Crippen molar-refractivity contribution in [2.45, 2.75) is 26.3 Å². The van der Waals surface area contributed by atoms with Gasteiger partial charge >= 0.3 is 0 Å². The van der Waals surface area contributed by atoms with Crippen LogP contribution in [0.1, 0.15) is 25.3 Å². The number of guanidine groups is 1. The van der Waals surface area contributed by atoms with Gasteiger partial charge < -0.3 is 25.4 Å². The summed E-state index contributed by atoms with van der Waals surface area (Å²) in [5, 5.41) is 3.20. The number of piperidine rings is 1. The number of aliphatic imine (C=N–C) groups is 1. The van der Waals surface area contributed by atoms with Crippen LogP contribution < -0.4 is 20.5 Å². The highest BCUT2D eigenvalue weighted by Crippen LogP contribution is 2.27. The van der Waals surface area contributed by atoms with Crippen LogP contribution in [-0.4, -0.2) is 51.3 Å². The summed E-state index contributed by atoms with van der Waals surface area (Å²) in [5.74, 6) is 2.70. The molecule has 0 aliphatic carbocycles. The molecule has 1 aliphatic heterocycles. The van der Waals surface area contributed by atoms with Crippen molar-refractivity contribution in [3.8, 4) is 11.5 Å². The highest BCUT2D eigenvalue weighted by atomic mass is 127. The maximum Gasteiger partial charge on any atom is 0.188 e. The monoisotopic (exact) mass is 462 g/mol. The molecule has 0 radical (unpaired) electrons. The van der Waals surface area contributed by atoms with E-state index in [4.69, 9.17) is 15.2 Å². The number of nitrogens with one attached hydrogen (secondary N) is 1. The van der Waals surface area contributed by atoms with Gasteiger partial charge in [-0.05, 0) is 43.0 Å². The Balaban J connectivity index is 0.00000312. The van der Waals surface area contributed by atoms with Gasteiger partial charge in [-0.1, -0.05) is 13.0 Å². The SMILES string of the molecule is COc1ccc(CN=C(N)NCCN2CCCC(C)C2)cc1OC.I. The van der Waals surface area contributed by atoms with Gasteiger partial charge in [-0.15, -0.1) is 24.0 Å². The molecule has 1 unspecified atom stereocenters. The third-order valence-corrected chi connectivity index (χ3v) is 4.36. The number of ether oxygens (including phenoxy) is 2. The van der Waals surface area contributed by atoms with Gasteiger partial charge in [0.1, 0.15) is 0 Å². The second-order valence-electron chi connectivity index (χ2n) is 6.37. The minimum Gasteiger partial charge on any atom is -0.493 e. The summed E-state index contributed by atoms with van der Waals surface area (Å²) >= 11 is 0. The van der Waals surface area contributed by atoms with E-state index in [9.17, 15) is 0 Å². The number of nitrogens with two attached hydrogens (primary N) is 1. The molecule has 0 spiro atoms. The molecule has 1 aromatic carbocycles. The summed E-state index contributed by atoms with van der Waals surface area (Å²) in [4.78, 5) is 6.88. The first-order valence-electron chi connectivity index (χ1n) is 8.59. The predicted molar refractivity (Wildman–Crippen MR) is 113 cm³/mol. The molecule has 1 fully saturated rings. The second-order valence-corrected chi connectivity index (χ2v) is 6.37. The first-order chi connectivity index (χ1) is 11.6. The highest BCUT2D eigenvalue weighted by molar-refractivity contribution is 14.0. The summed E-state index contributed by atoms with van der Waals surface area (Å²) < 4.78 is 10.5. The summed E-state index contributed by atoms with van der Waals surface area (Å²) in [6, 6.07) is 5.77. The highest BCUT2D eigenvalue weighted by Gasteiger charge is 2.15. The smallest absolute Gasteiger partial charge is 0.188 e. The van der Waals surface area contributed by atoms with Crippen molar-refractivity contribution in [1.82, 2.24) is 10.2 Å². The average Bonchev–Trinajstić information content (AvgIpc) is 2.59. The Bertz CT molecular complexity index is 554. The molecule has 142 valence electrons. The Hall–Kier alpha value is -1.22. The van der Waals surface area contributed by atoms with Gasteiger partial charge in [-0.25, -0.2) is 4.99 Å². The van der Waals surface area contributed by atoms with Crippen LogP contribution in [0.2, 0.25) is 0 Å². The third-order valence-electron chi connectivity index (χ3n) is 4.36. The number of methoxy groups -OCH3 is 2. The van der Waals surface area contributed by atoms with Crippen LogP contribution in [0.5, 0.6) is 11.5 Å². The number of likely N-dealkylation sites (tertiary alicyclic amines) is 1. The van der Waals surface area contributed by atoms with Gasteiger partial charge in [0.15, 0.2) is 17.5 Å². The van der Waals surface area contributed by atoms with Crippen LogP contribution in [0.25, 0.3) is 0 Å². The lowest BCUT2D eigenvalue weighted by atomic mass is 10.0. The van der Waals surface area contributed by atoms with E-state index in [0.717, 1.165) is 24.6 Å². The van der Waals surface area contributed by atoms with Crippen molar-refractivity contribution < 1.29 is 9.47 Å². The molecule has 6 nitrogen and oxygen atoms in total. The van der Waals surface area contributed by atoms with Crippen molar-refractivity contribution in [3.05, 3.63) is 23.8 Å². The van der Waals surface area contributed by atoms with E-state index in [1.165, 1.54) is 25.9 Å². The van der Waals surface area contributed by atoms with Gasteiger partial charge in [0, 0.05) is 19.6 Å². The molecule has 1 atom stereocenters. The van der Waals surface area contributed by atoms with Crippen molar-refractivity contribution in [2.24, 2.45) is 16.6 Å². The molecule has 1 saturated heterocycles. The van der Waals surface area contributed by atoms with Crippen molar-refractivity contribution in [1.29, 1.82) is 0 Å². The van der Waals surface area contributed by atoms with Crippen molar-refractivity contribution in [3.63, 3.8) is 0 Å². The van der Waals surface area contributed by atoms with E-state index in [1.54, 1.807) is 14.2 Å². The van der Waals surface area contributed by atoms with E-state index in [2.05, 4.69) is 22.1 Å². The zero-order valence-corrected chi connectivity index (χ0v) is 17.8. The van der Waals surface area contributed by atoms with E-state index >= 15 is 0 Å². The number of nitrogens with zero attached hydrogens (tertiary/aromatic N) is 2. The Morgan fingerprint density at radius 2 is 2.08 bits per heavy atom. The molecule has 25 heavy (non-hydrogen) atoms. The molecule has 2 rings (SSSR count). The lowest BCUT2D eigenvalue weighted by Crippen LogP contribution is -2.42. The standard InChI is InChI=1S/C18H30N4O2.HI/c1-14-5-4-9-22(13-14)10-8-20-18(19)21-12-15-6-7-16(23-2)17(11-15)24-3;/h6-7,11,14H,4-5,8-10,12-13H2,1-3H3,(H3,19,20,21);1H. The lowest BCUT2D eigenvalue weighted by molar-refractivity contribution is 0.187. The Labute approximate surface area is 168 Å². The molecule has 1 heterocycles. The van der Waals surface area contributed by atoms with Crippen LogP contribution in [0, 0.1) is 5.92 Å². The fraction of sp³-hybridized carbons (Fsp3) is 0.611. The quantitative estimate of drug-likeness (QED) is 0.370. The molecule has 7 heteroatoms. The molecule has 0 aromatic heterocycles. The minimum absolute atomic E-state index is 0. The maximum absolute atomic E-state index is 5.96. The predicted octanol–water partition coefficient (Wildman–Crippen LogP) is 2.46. The fourth-order valence-electron chi connectivity index (χ4n) is 3.04. The first-order valence-corrected chi connectivity index (χ1v) is 8.59. The lowest BCUT2D eigenvalue weighted by Gasteiger charge is -2.30. The molecule has 0 amide bonds. The van der Waals surface area contributed by atoms with E-state index in [-0.39, 0.29) is 24.0 Å². The molecular weight excluding hydrogens is 431 g/mol. The Morgan fingerprint density at radius 1 is 1.32 bits per heavy atom. The summed E-state index contributed by atoms with van der Waals surface area (Å²) in [6.07, 6.45) is 2.64. The molecule has 0 saturated carbocycles. The molecule has 0 bridgehead atoms.